The zero-order chi connectivity index (χ0) is 15.4. The van der Waals surface area contributed by atoms with Gasteiger partial charge in [-0.2, -0.15) is 0 Å². The van der Waals surface area contributed by atoms with Crippen molar-refractivity contribution in [2.45, 2.75) is 25.0 Å². The van der Waals surface area contributed by atoms with E-state index >= 15 is 0 Å². The summed E-state index contributed by atoms with van der Waals surface area (Å²) in [6, 6.07) is 10.6. The number of nitrogens with zero attached hydrogens (tertiary/aromatic N) is 1. The van der Waals surface area contributed by atoms with E-state index in [1.165, 1.54) is 12.3 Å². The molecule has 2 aromatic rings. The average Bonchev–Trinajstić information content (AvgIpc) is 2.55. The molecule has 1 aromatic carbocycles. The lowest BCUT2D eigenvalue weighted by molar-refractivity contribution is -0.0239. The number of halogens is 1. The van der Waals surface area contributed by atoms with Crippen LogP contribution in [0.15, 0.2) is 42.6 Å². The van der Waals surface area contributed by atoms with Gasteiger partial charge < -0.3 is 15.2 Å². The van der Waals surface area contributed by atoms with Gasteiger partial charge in [0.2, 0.25) is 0 Å². The van der Waals surface area contributed by atoms with Crippen LogP contribution in [0.1, 0.15) is 12.8 Å². The normalized spacial score (nSPS) is 21.5. The molecule has 2 atom stereocenters. The summed E-state index contributed by atoms with van der Waals surface area (Å²) in [5.41, 5.74) is 7.65. The van der Waals surface area contributed by atoms with Crippen LogP contribution in [0.3, 0.4) is 0 Å². The van der Waals surface area contributed by atoms with Crippen LogP contribution in [0, 0.1) is 5.82 Å². The molecule has 1 aliphatic heterocycles. The first-order valence-corrected chi connectivity index (χ1v) is 7.44. The molecule has 116 valence electrons. The Morgan fingerprint density at radius 3 is 2.73 bits per heavy atom. The van der Waals surface area contributed by atoms with Crippen molar-refractivity contribution >= 4 is 0 Å². The van der Waals surface area contributed by atoms with Gasteiger partial charge in [0, 0.05) is 18.2 Å². The molecule has 0 saturated carbocycles. The number of hydrogen-bond acceptors (Lipinski definition) is 4. The first kappa shape index (κ1) is 14.9. The van der Waals surface area contributed by atoms with Gasteiger partial charge >= 0.3 is 0 Å². The van der Waals surface area contributed by atoms with Gasteiger partial charge in [-0.3, -0.25) is 4.98 Å². The summed E-state index contributed by atoms with van der Waals surface area (Å²) in [5, 5.41) is 0. The lowest BCUT2D eigenvalue weighted by Crippen LogP contribution is -2.44. The predicted octanol–water partition coefficient (Wildman–Crippen LogP) is 2.77. The minimum atomic E-state index is -0.340. The number of pyridine rings is 1. The summed E-state index contributed by atoms with van der Waals surface area (Å²) in [4.78, 5) is 4.06. The number of aromatic nitrogens is 1. The van der Waals surface area contributed by atoms with Crippen molar-refractivity contribution < 1.29 is 13.9 Å². The van der Waals surface area contributed by atoms with E-state index in [4.69, 9.17) is 15.2 Å². The fraction of sp³-hybridized carbons (Fsp3) is 0.353. The fourth-order valence-electron chi connectivity index (χ4n) is 2.48. The predicted molar refractivity (Wildman–Crippen MR) is 82.1 cm³/mol. The molecule has 1 aliphatic rings. The van der Waals surface area contributed by atoms with E-state index in [0.29, 0.717) is 6.61 Å². The maximum absolute atomic E-state index is 12.9. The van der Waals surface area contributed by atoms with Gasteiger partial charge in [-0.1, -0.05) is 0 Å². The molecule has 22 heavy (non-hydrogen) atoms. The molecule has 2 heterocycles. The summed E-state index contributed by atoms with van der Waals surface area (Å²) in [7, 11) is 0. The number of ether oxygens (including phenoxy) is 2. The van der Waals surface area contributed by atoms with Crippen molar-refractivity contribution in [3.8, 4) is 17.0 Å². The van der Waals surface area contributed by atoms with E-state index in [9.17, 15) is 4.39 Å². The molecule has 2 N–H and O–H groups in total. The Morgan fingerprint density at radius 1 is 1.23 bits per heavy atom. The number of nitrogens with two attached hydrogens (primary N) is 1. The van der Waals surface area contributed by atoms with Gasteiger partial charge in [0.15, 0.2) is 0 Å². The van der Waals surface area contributed by atoms with Gasteiger partial charge in [-0.05, 0) is 49.2 Å². The molecule has 0 amide bonds. The zero-order valence-corrected chi connectivity index (χ0v) is 12.2. The summed E-state index contributed by atoms with van der Waals surface area (Å²) in [6.45, 7) is 1.20. The molecule has 3 rings (SSSR count). The van der Waals surface area contributed by atoms with Crippen molar-refractivity contribution in [2.24, 2.45) is 5.73 Å². The summed E-state index contributed by atoms with van der Waals surface area (Å²) in [5.74, 6) is 0.416. The van der Waals surface area contributed by atoms with E-state index in [1.807, 2.05) is 24.3 Å². The molecular weight excluding hydrogens is 283 g/mol. The van der Waals surface area contributed by atoms with Gasteiger partial charge in [0.25, 0.3) is 0 Å². The highest BCUT2D eigenvalue weighted by Gasteiger charge is 2.23. The highest BCUT2D eigenvalue weighted by atomic mass is 19.1. The molecule has 4 nitrogen and oxygen atoms in total. The van der Waals surface area contributed by atoms with E-state index < -0.39 is 0 Å². The second-order valence-electron chi connectivity index (χ2n) is 5.41. The van der Waals surface area contributed by atoms with Gasteiger partial charge in [-0.25, -0.2) is 4.39 Å². The Balaban J connectivity index is 1.60. The number of rotatable bonds is 4. The average molecular weight is 302 g/mol. The van der Waals surface area contributed by atoms with Crippen LogP contribution < -0.4 is 10.5 Å². The van der Waals surface area contributed by atoms with Crippen LogP contribution in [0.5, 0.6) is 5.75 Å². The van der Waals surface area contributed by atoms with Crippen LogP contribution in [-0.4, -0.2) is 30.3 Å². The molecule has 0 radical (unpaired) electrons. The Bertz CT molecular complexity index is 601. The third kappa shape index (κ3) is 3.61. The quantitative estimate of drug-likeness (QED) is 0.943. The Labute approximate surface area is 129 Å². The summed E-state index contributed by atoms with van der Waals surface area (Å²) < 4.78 is 24.2. The maximum atomic E-state index is 12.9. The Kier molecular flexibility index (Phi) is 4.65. The molecule has 2 unspecified atom stereocenters. The molecule has 0 spiro atoms. The number of hydrogen-bond donors (Lipinski definition) is 1. The largest absolute Gasteiger partial charge is 0.491 e. The fourth-order valence-corrected chi connectivity index (χ4v) is 2.48. The molecule has 1 saturated heterocycles. The second kappa shape index (κ2) is 6.85. The second-order valence-corrected chi connectivity index (χ2v) is 5.41. The van der Waals surface area contributed by atoms with Crippen molar-refractivity contribution in [2.75, 3.05) is 13.2 Å². The maximum Gasteiger partial charge on any atom is 0.141 e. The van der Waals surface area contributed by atoms with E-state index in [-0.39, 0.29) is 18.0 Å². The topological polar surface area (TPSA) is 57.4 Å². The minimum absolute atomic E-state index is 0.0384. The highest BCUT2D eigenvalue weighted by molar-refractivity contribution is 5.59. The van der Waals surface area contributed by atoms with Gasteiger partial charge in [0.1, 0.15) is 24.3 Å². The smallest absolute Gasteiger partial charge is 0.141 e. The molecule has 5 heteroatoms. The van der Waals surface area contributed by atoms with Gasteiger partial charge in [-0.15, -0.1) is 0 Å². The molecule has 1 fully saturated rings. The van der Waals surface area contributed by atoms with Crippen LogP contribution in [0.2, 0.25) is 0 Å². The standard InChI is InChI=1S/C17H19FN2O2/c18-13-5-8-16(20-10-13)12-3-6-14(7-4-12)22-11-17-15(19)2-1-9-21-17/h3-8,10,15,17H,1-2,9,11,19H2. The number of benzene rings is 1. The van der Waals surface area contributed by atoms with Crippen LogP contribution in [-0.2, 0) is 4.74 Å². The third-order valence-corrected chi connectivity index (χ3v) is 3.78. The molecule has 0 bridgehead atoms. The minimum Gasteiger partial charge on any atom is -0.491 e. The van der Waals surface area contributed by atoms with Crippen LogP contribution >= 0.6 is 0 Å². The van der Waals surface area contributed by atoms with Gasteiger partial charge in [0.05, 0.1) is 11.9 Å². The van der Waals surface area contributed by atoms with E-state index in [2.05, 4.69) is 4.98 Å². The SMILES string of the molecule is NC1CCCOC1COc1ccc(-c2ccc(F)cn2)cc1. The molecule has 0 aliphatic carbocycles. The van der Waals surface area contributed by atoms with Crippen LogP contribution in [0.4, 0.5) is 4.39 Å². The Hall–Kier alpha value is -1.98. The van der Waals surface area contributed by atoms with E-state index in [1.54, 1.807) is 6.07 Å². The third-order valence-electron chi connectivity index (χ3n) is 3.78. The summed E-state index contributed by atoms with van der Waals surface area (Å²) in [6.07, 6.45) is 3.15. The monoisotopic (exact) mass is 302 g/mol. The zero-order valence-electron chi connectivity index (χ0n) is 12.2. The van der Waals surface area contributed by atoms with Crippen molar-refractivity contribution in [3.05, 3.63) is 48.4 Å². The molecule has 1 aromatic heterocycles. The highest BCUT2D eigenvalue weighted by Crippen LogP contribution is 2.21. The van der Waals surface area contributed by atoms with Crippen molar-refractivity contribution in [1.29, 1.82) is 0 Å². The molecular formula is C17H19FN2O2. The first-order valence-electron chi connectivity index (χ1n) is 7.44. The van der Waals surface area contributed by atoms with Crippen molar-refractivity contribution in [1.82, 2.24) is 4.98 Å². The first-order chi connectivity index (χ1) is 10.7. The Morgan fingerprint density at radius 2 is 2.05 bits per heavy atom. The van der Waals surface area contributed by atoms with Crippen molar-refractivity contribution in [3.63, 3.8) is 0 Å². The van der Waals surface area contributed by atoms with E-state index in [0.717, 1.165) is 36.5 Å². The summed E-state index contributed by atoms with van der Waals surface area (Å²) >= 11 is 0. The lowest BCUT2D eigenvalue weighted by Gasteiger charge is -2.28. The lowest BCUT2D eigenvalue weighted by atomic mass is 10.0. The van der Waals surface area contributed by atoms with Crippen LogP contribution in [0.25, 0.3) is 11.3 Å².